The van der Waals surface area contributed by atoms with Gasteiger partial charge < -0.3 is 9.84 Å². The standard InChI is InChI=1S/C13H23NO6S/c1-10(11(15)16)14(2)21(18,19)9-13(12(17)20-3)7-5-4-6-8-13/h10H,4-9H2,1-3H3,(H,15,16). The summed E-state index contributed by atoms with van der Waals surface area (Å²) >= 11 is 0. The molecule has 0 radical (unpaired) electrons. The number of rotatable bonds is 6. The second-order valence-electron chi connectivity index (χ2n) is 5.62. The average Bonchev–Trinajstić information content (AvgIpc) is 2.44. The largest absolute Gasteiger partial charge is 0.480 e. The van der Waals surface area contributed by atoms with Crippen molar-refractivity contribution in [3.8, 4) is 0 Å². The fourth-order valence-corrected chi connectivity index (χ4v) is 4.58. The van der Waals surface area contributed by atoms with Crippen molar-refractivity contribution < 1.29 is 27.9 Å². The first-order valence-electron chi connectivity index (χ1n) is 6.93. The van der Waals surface area contributed by atoms with Crippen LogP contribution in [-0.4, -0.2) is 55.7 Å². The molecule has 0 bridgehead atoms. The molecule has 1 N–H and O–H groups in total. The van der Waals surface area contributed by atoms with Gasteiger partial charge in [0.05, 0.1) is 18.3 Å². The van der Waals surface area contributed by atoms with E-state index in [1.807, 2.05) is 0 Å². The smallest absolute Gasteiger partial charge is 0.321 e. The third-order valence-electron chi connectivity index (χ3n) is 4.23. The van der Waals surface area contributed by atoms with Crippen molar-refractivity contribution in [2.24, 2.45) is 5.41 Å². The summed E-state index contributed by atoms with van der Waals surface area (Å²) in [7, 11) is -1.40. The molecule has 0 aromatic rings. The minimum Gasteiger partial charge on any atom is -0.480 e. The molecule has 0 saturated heterocycles. The highest BCUT2D eigenvalue weighted by Crippen LogP contribution is 2.39. The molecule has 0 heterocycles. The molecule has 1 aliphatic rings. The van der Waals surface area contributed by atoms with Crippen LogP contribution in [0.25, 0.3) is 0 Å². The molecule has 0 aromatic heterocycles. The molecule has 1 atom stereocenters. The van der Waals surface area contributed by atoms with Crippen molar-refractivity contribution in [2.75, 3.05) is 19.9 Å². The topological polar surface area (TPSA) is 101 Å². The number of sulfonamides is 1. The van der Waals surface area contributed by atoms with Crippen LogP contribution in [0.5, 0.6) is 0 Å². The molecule has 122 valence electrons. The van der Waals surface area contributed by atoms with Crippen LogP contribution >= 0.6 is 0 Å². The Morgan fingerprint density at radius 2 is 1.81 bits per heavy atom. The number of nitrogens with zero attached hydrogens (tertiary/aromatic N) is 1. The van der Waals surface area contributed by atoms with Crippen molar-refractivity contribution in [1.29, 1.82) is 0 Å². The molecular formula is C13H23NO6S. The molecule has 1 unspecified atom stereocenters. The van der Waals surface area contributed by atoms with Gasteiger partial charge in [0.2, 0.25) is 10.0 Å². The summed E-state index contributed by atoms with van der Waals surface area (Å²) in [6.45, 7) is 1.30. The lowest BCUT2D eigenvalue weighted by atomic mass is 9.75. The summed E-state index contributed by atoms with van der Waals surface area (Å²) in [6.07, 6.45) is 3.40. The predicted octanol–water partition coefficient (Wildman–Crippen LogP) is 0.845. The Balaban J connectivity index is 3.02. The van der Waals surface area contributed by atoms with Gasteiger partial charge in [-0.25, -0.2) is 8.42 Å². The summed E-state index contributed by atoms with van der Waals surface area (Å²) in [4.78, 5) is 23.0. The monoisotopic (exact) mass is 321 g/mol. The van der Waals surface area contributed by atoms with Gasteiger partial charge in [-0.2, -0.15) is 4.31 Å². The van der Waals surface area contributed by atoms with Crippen molar-refractivity contribution in [3.05, 3.63) is 0 Å². The zero-order valence-electron chi connectivity index (χ0n) is 12.7. The van der Waals surface area contributed by atoms with Gasteiger partial charge in [0.25, 0.3) is 0 Å². The lowest BCUT2D eigenvalue weighted by Crippen LogP contribution is -2.48. The van der Waals surface area contributed by atoms with Gasteiger partial charge >= 0.3 is 11.9 Å². The van der Waals surface area contributed by atoms with E-state index < -0.39 is 39.2 Å². The Labute approximate surface area is 125 Å². The minimum absolute atomic E-state index is 0.402. The summed E-state index contributed by atoms with van der Waals surface area (Å²) in [5.41, 5.74) is -1.06. The molecule has 1 rings (SSSR count). The highest BCUT2D eigenvalue weighted by Gasteiger charge is 2.46. The van der Waals surface area contributed by atoms with Crippen LogP contribution in [0.15, 0.2) is 0 Å². The van der Waals surface area contributed by atoms with E-state index >= 15 is 0 Å². The zero-order valence-corrected chi connectivity index (χ0v) is 13.5. The number of methoxy groups -OCH3 is 1. The number of carbonyl (C=O) groups is 2. The van der Waals surface area contributed by atoms with E-state index in [4.69, 9.17) is 9.84 Å². The van der Waals surface area contributed by atoms with Crippen LogP contribution in [0.2, 0.25) is 0 Å². The Kier molecular flexibility index (Phi) is 5.75. The first-order valence-corrected chi connectivity index (χ1v) is 8.54. The Hall–Kier alpha value is -1.15. The van der Waals surface area contributed by atoms with E-state index in [1.54, 1.807) is 0 Å². The van der Waals surface area contributed by atoms with Gasteiger partial charge in [0.15, 0.2) is 0 Å². The van der Waals surface area contributed by atoms with Crippen LogP contribution in [0, 0.1) is 5.41 Å². The van der Waals surface area contributed by atoms with Crippen molar-refractivity contribution in [1.82, 2.24) is 4.31 Å². The Morgan fingerprint density at radius 1 is 1.29 bits per heavy atom. The number of carboxylic acid groups (broad SMARTS) is 1. The van der Waals surface area contributed by atoms with E-state index in [9.17, 15) is 18.0 Å². The molecule has 0 spiro atoms. The van der Waals surface area contributed by atoms with E-state index in [0.29, 0.717) is 12.8 Å². The zero-order chi connectivity index (χ0) is 16.3. The number of aliphatic carboxylic acids is 1. The summed E-state index contributed by atoms with van der Waals surface area (Å²) in [5.74, 6) is -2.15. The molecule has 1 aliphatic carbocycles. The fraction of sp³-hybridized carbons (Fsp3) is 0.846. The molecule has 21 heavy (non-hydrogen) atoms. The quantitative estimate of drug-likeness (QED) is 0.728. The highest BCUT2D eigenvalue weighted by atomic mass is 32.2. The summed E-state index contributed by atoms with van der Waals surface area (Å²) in [6, 6.07) is -1.17. The van der Waals surface area contributed by atoms with E-state index in [2.05, 4.69) is 0 Å². The van der Waals surface area contributed by atoms with E-state index in [0.717, 1.165) is 23.6 Å². The SMILES string of the molecule is COC(=O)C1(CS(=O)(=O)N(C)C(C)C(=O)O)CCCCC1. The molecular weight excluding hydrogens is 298 g/mol. The Morgan fingerprint density at radius 3 is 2.24 bits per heavy atom. The second kappa shape index (κ2) is 6.74. The molecule has 0 aliphatic heterocycles. The first kappa shape index (κ1) is 17.9. The van der Waals surface area contributed by atoms with Crippen LogP contribution in [0.1, 0.15) is 39.0 Å². The number of ether oxygens (including phenoxy) is 1. The van der Waals surface area contributed by atoms with E-state index in [1.165, 1.54) is 21.1 Å². The van der Waals surface area contributed by atoms with Crippen LogP contribution < -0.4 is 0 Å². The van der Waals surface area contributed by atoms with Gasteiger partial charge in [0, 0.05) is 7.05 Å². The van der Waals surface area contributed by atoms with Crippen molar-refractivity contribution in [3.63, 3.8) is 0 Å². The molecule has 1 fully saturated rings. The van der Waals surface area contributed by atoms with Gasteiger partial charge in [-0.05, 0) is 19.8 Å². The third-order valence-corrected chi connectivity index (χ3v) is 6.34. The van der Waals surface area contributed by atoms with Crippen LogP contribution in [-0.2, 0) is 24.3 Å². The minimum atomic E-state index is -3.87. The van der Waals surface area contributed by atoms with Crippen LogP contribution in [0.3, 0.4) is 0 Å². The number of likely N-dealkylation sites (N-methyl/N-ethyl adjacent to an activating group) is 1. The number of carbonyl (C=O) groups excluding carboxylic acids is 1. The number of hydrogen-bond donors (Lipinski definition) is 1. The second-order valence-corrected chi connectivity index (χ2v) is 7.65. The first-order chi connectivity index (χ1) is 9.66. The normalized spacial score (nSPS) is 20.0. The number of carboxylic acids is 1. The maximum Gasteiger partial charge on any atom is 0.321 e. The number of esters is 1. The third kappa shape index (κ3) is 3.94. The molecule has 7 nitrogen and oxygen atoms in total. The highest BCUT2D eigenvalue weighted by molar-refractivity contribution is 7.89. The van der Waals surface area contributed by atoms with Crippen LogP contribution in [0.4, 0.5) is 0 Å². The Bertz CT molecular complexity index is 495. The van der Waals surface area contributed by atoms with Crippen molar-refractivity contribution in [2.45, 2.75) is 45.1 Å². The van der Waals surface area contributed by atoms with Gasteiger partial charge in [-0.15, -0.1) is 0 Å². The van der Waals surface area contributed by atoms with E-state index in [-0.39, 0.29) is 0 Å². The predicted molar refractivity (Wildman–Crippen MR) is 76.2 cm³/mol. The maximum atomic E-state index is 12.4. The maximum absolute atomic E-state index is 12.4. The van der Waals surface area contributed by atoms with Gasteiger partial charge in [0.1, 0.15) is 6.04 Å². The van der Waals surface area contributed by atoms with Gasteiger partial charge in [-0.1, -0.05) is 19.3 Å². The fourth-order valence-electron chi connectivity index (χ4n) is 2.70. The lowest BCUT2D eigenvalue weighted by molar-refractivity contribution is -0.153. The molecule has 8 heteroatoms. The molecule has 0 aromatic carbocycles. The summed E-state index contributed by atoms with van der Waals surface area (Å²) < 4.78 is 30.5. The molecule has 1 saturated carbocycles. The average molecular weight is 321 g/mol. The number of hydrogen-bond acceptors (Lipinski definition) is 5. The lowest BCUT2D eigenvalue weighted by Gasteiger charge is -2.35. The molecule has 0 amide bonds. The summed E-state index contributed by atoms with van der Waals surface area (Å²) in [5, 5.41) is 8.94. The van der Waals surface area contributed by atoms with Gasteiger partial charge in [-0.3, -0.25) is 9.59 Å². The van der Waals surface area contributed by atoms with Crippen molar-refractivity contribution >= 4 is 22.0 Å².